The van der Waals surface area contributed by atoms with Crippen LogP contribution in [0.4, 0.5) is 0 Å². The van der Waals surface area contributed by atoms with Crippen molar-refractivity contribution in [1.29, 1.82) is 0 Å². The van der Waals surface area contributed by atoms with E-state index in [1.165, 1.54) is 38.5 Å². The molecule has 3 heterocycles. The van der Waals surface area contributed by atoms with Crippen molar-refractivity contribution in [2.24, 2.45) is 11.8 Å². The lowest BCUT2D eigenvalue weighted by Gasteiger charge is -2.43. The Balaban J connectivity index is 1.42. The fourth-order valence-corrected chi connectivity index (χ4v) is 5.64. The molecule has 3 aliphatic heterocycles. The first-order valence-electron chi connectivity index (χ1n) is 11.2. The molecular formula is C21H39N5O. The quantitative estimate of drug-likeness (QED) is 0.465. The summed E-state index contributed by atoms with van der Waals surface area (Å²) in [7, 11) is 2.05. The molecule has 3 fully saturated rings. The zero-order valence-electron chi connectivity index (χ0n) is 17.1. The van der Waals surface area contributed by atoms with E-state index in [0.29, 0.717) is 36.2 Å². The largest absolute Gasteiger partial charge is 0.377 e. The zero-order valence-corrected chi connectivity index (χ0v) is 17.1. The summed E-state index contributed by atoms with van der Waals surface area (Å²) in [6, 6.07) is 1.12. The standard InChI is InChI=1S/C21H39N5O/c1-3-16-13-19(22-2)26-21(24-16)25-17-11-15-7-10-27-20(15)18(12-17)14-5-4-8-23-9-6-14/h6,15-26H,3-5,7-13H2,1-2H3. The lowest BCUT2D eigenvalue weighted by Crippen LogP contribution is -2.68. The molecule has 7 atom stereocenters. The van der Waals surface area contributed by atoms with Crippen LogP contribution in [0.25, 0.3) is 0 Å². The topological polar surface area (TPSA) is 69.4 Å². The van der Waals surface area contributed by atoms with E-state index >= 15 is 0 Å². The highest BCUT2D eigenvalue weighted by atomic mass is 16.5. The van der Waals surface area contributed by atoms with Gasteiger partial charge in [-0.3, -0.25) is 16.0 Å². The molecule has 2 saturated heterocycles. The van der Waals surface area contributed by atoms with Gasteiger partial charge in [0.15, 0.2) is 0 Å². The van der Waals surface area contributed by atoms with Gasteiger partial charge in [0.1, 0.15) is 6.29 Å². The van der Waals surface area contributed by atoms with Crippen LogP contribution in [0, 0.1) is 11.8 Å². The second-order valence-electron chi connectivity index (χ2n) is 8.86. The van der Waals surface area contributed by atoms with Gasteiger partial charge in [-0.2, -0.15) is 0 Å². The molecule has 4 aliphatic rings. The molecule has 1 aliphatic carbocycles. The highest BCUT2D eigenvalue weighted by Gasteiger charge is 2.43. The summed E-state index contributed by atoms with van der Waals surface area (Å²) in [4.78, 5) is 0. The van der Waals surface area contributed by atoms with Crippen molar-refractivity contribution in [3.8, 4) is 0 Å². The predicted octanol–water partition coefficient (Wildman–Crippen LogP) is 1.26. The third-order valence-corrected chi connectivity index (χ3v) is 7.12. The van der Waals surface area contributed by atoms with E-state index in [4.69, 9.17) is 4.74 Å². The Morgan fingerprint density at radius 2 is 2.15 bits per heavy atom. The van der Waals surface area contributed by atoms with Gasteiger partial charge in [-0.1, -0.05) is 18.6 Å². The molecule has 0 aromatic heterocycles. The monoisotopic (exact) mass is 377 g/mol. The average Bonchev–Trinajstić information content (AvgIpc) is 3.00. The summed E-state index contributed by atoms with van der Waals surface area (Å²) < 4.78 is 6.24. The number of ether oxygens (including phenoxy) is 1. The van der Waals surface area contributed by atoms with Crippen molar-refractivity contribution in [3.05, 3.63) is 11.6 Å². The Hall–Kier alpha value is -0.500. The Morgan fingerprint density at radius 3 is 3.00 bits per heavy atom. The normalized spacial score (nSPS) is 43.0. The van der Waals surface area contributed by atoms with Crippen LogP contribution in [-0.4, -0.2) is 57.4 Å². The maximum Gasteiger partial charge on any atom is 0.113 e. The van der Waals surface area contributed by atoms with Crippen molar-refractivity contribution in [2.45, 2.75) is 82.5 Å². The van der Waals surface area contributed by atoms with Gasteiger partial charge in [0, 0.05) is 31.2 Å². The molecule has 6 nitrogen and oxygen atoms in total. The zero-order chi connectivity index (χ0) is 18.6. The Labute approximate surface area is 164 Å². The molecule has 7 unspecified atom stereocenters. The number of hydrogen-bond acceptors (Lipinski definition) is 6. The Morgan fingerprint density at radius 1 is 1.22 bits per heavy atom. The molecule has 0 amide bonds. The molecule has 0 spiro atoms. The molecule has 6 heteroatoms. The van der Waals surface area contributed by atoms with Gasteiger partial charge in [-0.15, -0.1) is 0 Å². The second-order valence-corrected chi connectivity index (χ2v) is 8.86. The minimum absolute atomic E-state index is 0.190. The third-order valence-electron chi connectivity index (χ3n) is 7.12. The van der Waals surface area contributed by atoms with E-state index in [0.717, 1.165) is 26.1 Å². The molecule has 4 rings (SSSR count). The van der Waals surface area contributed by atoms with E-state index in [1.807, 2.05) is 0 Å². The summed E-state index contributed by atoms with van der Waals surface area (Å²) in [5.74, 6) is 1.30. The van der Waals surface area contributed by atoms with E-state index < -0.39 is 0 Å². The highest BCUT2D eigenvalue weighted by molar-refractivity contribution is 5.15. The second kappa shape index (κ2) is 9.33. The fourth-order valence-electron chi connectivity index (χ4n) is 5.64. The molecule has 0 aromatic carbocycles. The van der Waals surface area contributed by atoms with Gasteiger partial charge in [0.2, 0.25) is 0 Å². The number of rotatable bonds is 5. The minimum atomic E-state index is 0.190. The third kappa shape index (κ3) is 4.74. The van der Waals surface area contributed by atoms with Crippen LogP contribution < -0.4 is 26.6 Å². The van der Waals surface area contributed by atoms with Crippen LogP contribution in [-0.2, 0) is 4.74 Å². The summed E-state index contributed by atoms with van der Waals surface area (Å²) in [5, 5.41) is 18.3. The van der Waals surface area contributed by atoms with E-state index in [1.54, 1.807) is 5.57 Å². The molecular weight excluding hydrogens is 338 g/mol. The van der Waals surface area contributed by atoms with Crippen LogP contribution in [0.5, 0.6) is 0 Å². The molecule has 5 N–H and O–H groups in total. The molecule has 0 aromatic rings. The average molecular weight is 378 g/mol. The van der Waals surface area contributed by atoms with Gasteiger partial charge >= 0.3 is 0 Å². The summed E-state index contributed by atoms with van der Waals surface area (Å²) in [6.07, 6.45) is 12.0. The van der Waals surface area contributed by atoms with Crippen LogP contribution in [0.1, 0.15) is 51.9 Å². The molecule has 0 radical (unpaired) electrons. The lowest BCUT2D eigenvalue weighted by molar-refractivity contribution is 0.0175. The van der Waals surface area contributed by atoms with Crippen molar-refractivity contribution >= 4 is 0 Å². The number of nitrogens with one attached hydrogen (secondary N) is 5. The first-order valence-corrected chi connectivity index (χ1v) is 11.2. The Bertz CT molecular complexity index is 501. The van der Waals surface area contributed by atoms with Crippen LogP contribution >= 0.6 is 0 Å². The fraction of sp³-hybridized carbons (Fsp3) is 0.905. The van der Waals surface area contributed by atoms with Gasteiger partial charge in [0.25, 0.3) is 0 Å². The summed E-state index contributed by atoms with van der Waals surface area (Å²) >= 11 is 0. The highest BCUT2D eigenvalue weighted by Crippen LogP contribution is 2.42. The minimum Gasteiger partial charge on any atom is -0.377 e. The number of hydrogen-bond donors (Lipinski definition) is 5. The van der Waals surface area contributed by atoms with Gasteiger partial charge in [-0.25, -0.2) is 0 Å². The molecule has 1 saturated carbocycles. The maximum atomic E-state index is 6.24. The maximum absolute atomic E-state index is 6.24. The van der Waals surface area contributed by atoms with E-state index in [-0.39, 0.29) is 6.29 Å². The number of fused-ring (bicyclic) bond motifs is 1. The van der Waals surface area contributed by atoms with Crippen molar-refractivity contribution in [2.75, 3.05) is 26.7 Å². The van der Waals surface area contributed by atoms with Crippen LogP contribution in [0.3, 0.4) is 0 Å². The van der Waals surface area contributed by atoms with E-state index in [2.05, 4.69) is 46.6 Å². The van der Waals surface area contributed by atoms with E-state index in [9.17, 15) is 0 Å². The smallest absolute Gasteiger partial charge is 0.113 e. The van der Waals surface area contributed by atoms with Gasteiger partial charge in [-0.05, 0) is 64.5 Å². The van der Waals surface area contributed by atoms with Gasteiger partial charge in [0.05, 0.1) is 12.3 Å². The van der Waals surface area contributed by atoms with Crippen LogP contribution in [0.15, 0.2) is 11.6 Å². The van der Waals surface area contributed by atoms with Crippen molar-refractivity contribution < 1.29 is 4.74 Å². The SMILES string of the molecule is CCC1CC(NC)NC(NC2CC3CCOC3C(C3=CCNCCC3)C2)N1. The molecule has 27 heavy (non-hydrogen) atoms. The predicted molar refractivity (Wildman–Crippen MR) is 109 cm³/mol. The summed E-state index contributed by atoms with van der Waals surface area (Å²) in [5.41, 5.74) is 1.65. The lowest BCUT2D eigenvalue weighted by atomic mass is 9.72. The summed E-state index contributed by atoms with van der Waals surface area (Å²) in [6.45, 7) is 5.39. The molecule has 0 bridgehead atoms. The van der Waals surface area contributed by atoms with Crippen molar-refractivity contribution in [3.63, 3.8) is 0 Å². The van der Waals surface area contributed by atoms with Gasteiger partial charge < -0.3 is 15.4 Å². The first kappa shape index (κ1) is 19.8. The first-order chi connectivity index (χ1) is 13.3. The Kier molecular flexibility index (Phi) is 6.84. The van der Waals surface area contributed by atoms with Crippen molar-refractivity contribution in [1.82, 2.24) is 26.6 Å². The van der Waals surface area contributed by atoms with Crippen LogP contribution in [0.2, 0.25) is 0 Å². The molecule has 154 valence electrons.